The number of amides is 1. The summed E-state index contributed by atoms with van der Waals surface area (Å²) in [6.07, 6.45) is 1.96. The second-order valence-electron chi connectivity index (χ2n) is 4.48. The van der Waals surface area contributed by atoms with Crippen LogP contribution < -0.4 is 10.6 Å². The summed E-state index contributed by atoms with van der Waals surface area (Å²) < 4.78 is 0. The molecule has 0 bridgehead atoms. The number of rotatable bonds is 4. The quantitative estimate of drug-likeness (QED) is 0.694. The Labute approximate surface area is 134 Å². The minimum atomic E-state index is -0.0389. The molecular formula is C16H16N2OS2. The first-order valence-corrected chi connectivity index (χ1v) is 7.99. The highest BCUT2D eigenvalue weighted by atomic mass is 32.2. The summed E-state index contributed by atoms with van der Waals surface area (Å²) in [5.41, 5.74) is 7.87. The molecule has 0 saturated heterocycles. The largest absolute Gasteiger partial charge is 0.389 e. The molecule has 0 aromatic heterocycles. The van der Waals surface area contributed by atoms with Crippen LogP contribution in [0.15, 0.2) is 53.4 Å². The maximum atomic E-state index is 12.6. The van der Waals surface area contributed by atoms with Crippen molar-refractivity contribution in [1.29, 1.82) is 0 Å². The average molecular weight is 316 g/mol. The molecule has 0 radical (unpaired) electrons. The van der Waals surface area contributed by atoms with Gasteiger partial charge in [0.15, 0.2) is 0 Å². The molecule has 1 amide bonds. The first-order chi connectivity index (χ1) is 10.0. The van der Waals surface area contributed by atoms with Crippen LogP contribution in [0.5, 0.6) is 0 Å². The van der Waals surface area contributed by atoms with E-state index in [2.05, 4.69) is 0 Å². The van der Waals surface area contributed by atoms with Gasteiger partial charge in [-0.05, 0) is 42.7 Å². The van der Waals surface area contributed by atoms with Crippen molar-refractivity contribution < 1.29 is 4.79 Å². The van der Waals surface area contributed by atoms with Gasteiger partial charge in [-0.25, -0.2) is 0 Å². The predicted octanol–water partition coefficient (Wildman–Crippen LogP) is 3.32. The molecule has 2 rings (SSSR count). The molecule has 3 nitrogen and oxygen atoms in total. The highest BCUT2D eigenvalue weighted by molar-refractivity contribution is 7.98. The minimum absolute atomic E-state index is 0.0389. The molecule has 0 aliphatic carbocycles. The fourth-order valence-corrected chi connectivity index (χ4v) is 2.69. The number of anilines is 1. The van der Waals surface area contributed by atoms with Crippen molar-refractivity contribution in [2.24, 2.45) is 5.73 Å². The normalized spacial score (nSPS) is 10.2. The van der Waals surface area contributed by atoms with Crippen molar-refractivity contribution in [3.63, 3.8) is 0 Å². The molecule has 0 unspecified atom stereocenters. The Morgan fingerprint density at radius 2 is 1.76 bits per heavy atom. The predicted molar refractivity (Wildman–Crippen MR) is 93.3 cm³/mol. The van der Waals surface area contributed by atoms with Gasteiger partial charge in [-0.3, -0.25) is 4.79 Å². The Bertz CT molecular complexity index is 668. The molecule has 2 aromatic rings. The molecule has 5 heteroatoms. The molecule has 0 atom stereocenters. The van der Waals surface area contributed by atoms with Crippen molar-refractivity contribution in [2.45, 2.75) is 4.90 Å². The maximum absolute atomic E-state index is 12.6. The molecule has 2 N–H and O–H groups in total. The maximum Gasteiger partial charge on any atom is 0.259 e. The van der Waals surface area contributed by atoms with Gasteiger partial charge < -0.3 is 10.6 Å². The lowest BCUT2D eigenvalue weighted by Crippen LogP contribution is -2.26. The van der Waals surface area contributed by atoms with Crippen molar-refractivity contribution >= 4 is 40.6 Å². The summed E-state index contributed by atoms with van der Waals surface area (Å²) in [6, 6.07) is 14.9. The highest BCUT2D eigenvalue weighted by Gasteiger charge is 2.16. The van der Waals surface area contributed by atoms with E-state index in [1.54, 1.807) is 23.7 Å². The van der Waals surface area contributed by atoms with Crippen molar-refractivity contribution in [3.05, 3.63) is 59.7 Å². The summed E-state index contributed by atoms with van der Waals surface area (Å²) >= 11 is 6.49. The van der Waals surface area contributed by atoms with Gasteiger partial charge in [-0.15, -0.1) is 11.8 Å². The van der Waals surface area contributed by atoms with Gasteiger partial charge in [0.05, 0.1) is 5.56 Å². The van der Waals surface area contributed by atoms with E-state index >= 15 is 0 Å². The van der Waals surface area contributed by atoms with E-state index in [0.717, 1.165) is 16.1 Å². The summed E-state index contributed by atoms with van der Waals surface area (Å²) in [4.78, 5) is 15.5. The topological polar surface area (TPSA) is 46.3 Å². The Balaban J connectivity index is 2.28. The summed E-state index contributed by atoms with van der Waals surface area (Å²) in [5.74, 6) is -0.0389. The number of thiocarbonyl (C=S) groups is 1. The number of benzene rings is 2. The molecule has 0 saturated carbocycles. The van der Waals surface area contributed by atoms with Crippen LogP contribution in [-0.4, -0.2) is 24.2 Å². The van der Waals surface area contributed by atoms with Crippen molar-refractivity contribution in [1.82, 2.24) is 0 Å². The zero-order valence-corrected chi connectivity index (χ0v) is 13.5. The molecule has 21 heavy (non-hydrogen) atoms. The number of nitrogens with two attached hydrogens (primary N) is 1. The first kappa shape index (κ1) is 15.5. The summed E-state index contributed by atoms with van der Waals surface area (Å²) in [5, 5.41) is 0. The third-order valence-electron chi connectivity index (χ3n) is 3.18. The zero-order valence-electron chi connectivity index (χ0n) is 11.9. The summed E-state index contributed by atoms with van der Waals surface area (Å²) in [6.45, 7) is 0. The lowest BCUT2D eigenvalue weighted by atomic mass is 10.1. The third-order valence-corrected chi connectivity index (χ3v) is 4.21. The Morgan fingerprint density at radius 3 is 2.33 bits per heavy atom. The van der Waals surface area contributed by atoms with Crippen LogP contribution in [0.4, 0.5) is 5.69 Å². The van der Waals surface area contributed by atoms with Crippen LogP contribution in [0.1, 0.15) is 15.9 Å². The Kier molecular flexibility index (Phi) is 4.98. The van der Waals surface area contributed by atoms with E-state index in [9.17, 15) is 4.79 Å². The Morgan fingerprint density at radius 1 is 1.14 bits per heavy atom. The van der Waals surface area contributed by atoms with E-state index in [1.165, 1.54) is 0 Å². The van der Waals surface area contributed by atoms with Crippen LogP contribution in [0.3, 0.4) is 0 Å². The highest BCUT2D eigenvalue weighted by Crippen LogP contribution is 2.23. The number of thioether (sulfide) groups is 1. The lowest BCUT2D eigenvalue weighted by Gasteiger charge is -2.19. The second-order valence-corrected chi connectivity index (χ2v) is 5.76. The van der Waals surface area contributed by atoms with E-state index < -0.39 is 0 Å². The number of carbonyl (C=O) groups excluding carboxylic acids is 1. The molecular weight excluding hydrogens is 300 g/mol. The fourth-order valence-electron chi connectivity index (χ4n) is 1.97. The molecule has 0 heterocycles. The van der Waals surface area contributed by atoms with E-state index in [4.69, 9.17) is 18.0 Å². The average Bonchev–Trinajstić information content (AvgIpc) is 2.53. The van der Waals surface area contributed by atoms with Gasteiger partial charge in [-0.2, -0.15) is 0 Å². The van der Waals surface area contributed by atoms with Gasteiger partial charge in [0.25, 0.3) is 5.91 Å². The first-order valence-electron chi connectivity index (χ1n) is 6.35. The van der Waals surface area contributed by atoms with E-state index in [-0.39, 0.29) is 5.91 Å². The molecule has 0 aliphatic rings. The third kappa shape index (κ3) is 3.43. The van der Waals surface area contributed by atoms with Gasteiger partial charge >= 0.3 is 0 Å². The number of hydrogen-bond acceptors (Lipinski definition) is 3. The van der Waals surface area contributed by atoms with Crippen molar-refractivity contribution in [2.75, 3.05) is 18.2 Å². The SMILES string of the molecule is CSc1ccccc1C(=O)N(C)c1ccc(C(N)=S)cc1. The van der Waals surface area contributed by atoms with Crippen LogP contribution in [0.25, 0.3) is 0 Å². The lowest BCUT2D eigenvalue weighted by molar-refractivity contribution is 0.0990. The monoisotopic (exact) mass is 316 g/mol. The van der Waals surface area contributed by atoms with Crippen LogP contribution in [0.2, 0.25) is 0 Å². The van der Waals surface area contributed by atoms with Crippen LogP contribution in [0, 0.1) is 0 Å². The van der Waals surface area contributed by atoms with E-state index in [0.29, 0.717) is 10.6 Å². The number of hydrogen-bond donors (Lipinski definition) is 1. The van der Waals surface area contributed by atoms with Gasteiger partial charge in [0, 0.05) is 23.2 Å². The number of nitrogens with zero attached hydrogens (tertiary/aromatic N) is 1. The zero-order chi connectivity index (χ0) is 15.4. The van der Waals surface area contributed by atoms with Gasteiger partial charge in [-0.1, -0.05) is 24.4 Å². The number of carbonyl (C=O) groups is 1. The van der Waals surface area contributed by atoms with E-state index in [1.807, 2.05) is 54.8 Å². The van der Waals surface area contributed by atoms with Gasteiger partial charge in [0.1, 0.15) is 4.99 Å². The van der Waals surface area contributed by atoms with Crippen molar-refractivity contribution in [3.8, 4) is 0 Å². The second kappa shape index (κ2) is 6.74. The van der Waals surface area contributed by atoms with Gasteiger partial charge in [0.2, 0.25) is 0 Å². The fraction of sp³-hybridized carbons (Fsp3) is 0.125. The molecule has 0 fully saturated rings. The van der Waals surface area contributed by atoms with Crippen LogP contribution >= 0.6 is 24.0 Å². The smallest absolute Gasteiger partial charge is 0.259 e. The molecule has 108 valence electrons. The standard InChI is InChI=1S/C16H16N2OS2/c1-18(12-9-7-11(8-10-12)15(17)20)16(19)13-5-3-4-6-14(13)21-2/h3-10H,1-2H3,(H2,17,20). The minimum Gasteiger partial charge on any atom is -0.389 e. The van der Waals surface area contributed by atoms with Crippen LogP contribution in [-0.2, 0) is 0 Å². The summed E-state index contributed by atoms with van der Waals surface area (Å²) in [7, 11) is 1.76. The molecule has 0 spiro atoms. The molecule has 0 aliphatic heterocycles. The molecule has 2 aromatic carbocycles. The Hall–Kier alpha value is -1.85.